The fourth-order valence-electron chi connectivity index (χ4n) is 1.64. The summed E-state index contributed by atoms with van der Waals surface area (Å²) in [7, 11) is 0. The Balaban J connectivity index is 5.09. The van der Waals surface area contributed by atoms with E-state index in [1.54, 1.807) is 0 Å². The molecule has 0 aromatic heterocycles. The molecule has 0 aliphatic rings. The van der Waals surface area contributed by atoms with Gasteiger partial charge in [0.15, 0.2) is 0 Å². The lowest BCUT2D eigenvalue weighted by atomic mass is 10.1. The van der Waals surface area contributed by atoms with E-state index in [1.807, 2.05) is 0 Å². The lowest BCUT2D eigenvalue weighted by Crippen LogP contribution is -2.58. The Morgan fingerprint density at radius 1 is 0.885 bits per heavy atom. The molecule has 26 heavy (non-hydrogen) atoms. The molecular formula is C13H23N5O6S2. The van der Waals surface area contributed by atoms with Crippen LogP contribution in [0.1, 0.15) is 13.3 Å². The van der Waals surface area contributed by atoms with Gasteiger partial charge in [0, 0.05) is 11.5 Å². The largest absolute Gasteiger partial charge is 0.480 e. The van der Waals surface area contributed by atoms with Crippen LogP contribution in [-0.4, -0.2) is 70.4 Å². The van der Waals surface area contributed by atoms with Crippen molar-refractivity contribution in [1.82, 2.24) is 16.0 Å². The molecule has 0 aliphatic heterocycles. The van der Waals surface area contributed by atoms with Crippen molar-refractivity contribution in [2.75, 3.05) is 11.5 Å². The van der Waals surface area contributed by atoms with Crippen LogP contribution in [0, 0.1) is 0 Å². The summed E-state index contributed by atoms with van der Waals surface area (Å²) >= 11 is 7.74. The summed E-state index contributed by atoms with van der Waals surface area (Å²) in [6.07, 6.45) is -0.514. The highest BCUT2D eigenvalue weighted by molar-refractivity contribution is 7.80. The lowest BCUT2D eigenvalue weighted by molar-refractivity contribution is -0.141. The number of hydrogen-bond acceptors (Lipinski definition) is 8. The summed E-state index contributed by atoms with van der Waals surface area (Å²) in [4.78, 5) is 58.1. The predicted octanol–water partition coefficient (Wildman–Crippen LogP) is -3.39. The number of carboxylic acids is 1. The van der Waals surface area contributed by atoms with Crippen molar-refractivity contribution in [3.63, 3.8) is 0 Å². The van der Waals surface area contributed by atoms with Gasteiger partial charge in [-0.2, -0.15) is 25.3 Å². The minimum Gasteiger partial charge on any atom is -0.480 e. The molecule has 4 atom stereocenters. The highest BCUT2D eigenvalue weighted by Crippen LogP contribution is 1.98. The molecule has 0 aromatic rings. The first kappa shape index (κ1) is 24.0. The second kappa shape index (κ2) is 11.6. The molecule has 0 fully saturated rings. The van der Waals surface area contributed by atoms with E-state index in [0.717, 1.165) is 0 Å². The van der Waals surface area contributed by atoms with E-state index < -0.39 is 60.2 Å². The maximum Gasteiger partial charge on any atom is 0.327 e. The van der Waals surface area contributed by atoms with E-state index in [1.165, 1.54) is 6.92 Å². The molecule has 0 radical (unpaired) electrons. The number of primary amides is 1. The van der Waals surface area contributed by atoms with E-state index >= 15 is 0 Å². The van der Waals surface area contributed by atoms with Gasteiger partial charge in [-0.1, -0.05) is 0 Å². The maximum absolute atomic E-state index is 12.3. The van der Waals surface area contributed by atoms with Crippen molar-refractivity contribution in [3.8, 4) is 0 Å². The van der Waals surface area contributed by atoms with Crippen molar-refractivity contribution in [2.45, 2.75) is 37.5 Å². The number of nitrogens with one attached hydrogen (secondary N) is 3. The highest BCUT2D eigenvalue weighted by Gasteiger charge is 2.29. The number of nitrogens with two attached hydrogens (primary N) is 2. The number of amides is 4. The molecule has 0 saturated heterocycles. The zero-order valence-corrected chi connectivity index (χ0v) is 15.8. The zero-order chi connectivity index (χ0) is 20.4. The van der Waals surface area contributed by atoms with Gasteiger partial charge in [0.2, 0.25) is 23.6 Å². The Kier molecular flexibility index (Phi) is 10.7. The molecule has 0 heterocycles. The Hall–Kier alpha value is -1.99. The van der Waals surface area contributed by atoms with Gasteiger partial charge in [0.05, 0.1) is 12.5 Å². The first-order valence-electron chi connectivity index (χ1n) is 7.43. The second-order valence-corrected chi connectivity index (χ2v) is 6.08. The van der Waals surface area contributed by atoms with Crippen LogP contribution < -0.4 is 27.4 Å². The molecule has 4 unspecified atom stereocenters. The molecule has 0 spiro atoms. The predicted molar refractivity (Wildman–Crippen MR) is 98.6 cm³/mol. The number of hydrogen-bond donors (Lipinski definition) is 8. The normalized spacial score (nSPS) is 15.1. The van der Waals surface area contributed by atoms with Crippen molar-refractivity contribution >= 4 is 54.9 Å². The fourth-order valence-corrected chi connectivity index (χ4v) is 2.14. The van der Waals surface area contributed by atoms with Crippen molar-refractivity contribution in [3.05, 3.63) is 0 Å². The third kappa shape index (κ3) is 8.40. The Bertz CT molecular complexity index is 559. The SMILES string of the molecule is CC(N)C(=O)NC(CC(N)=O)C(=O)NC(CS)C(=O)NC(CS)C(=O)O. The summed E-state index contributed by atoms with van der Waals surface area (Å²) in [5, 5.41) is 15.6. The van der Waals surface area contributed by atoms with Crippen LogP contribution in [-0.2, 0) is 24.0 Å². The minimum absolute atomic E-state index is 0.164. The fraction of sp³-hybridized carbons (Fsp3) is 0.615. The number of carboxylic acid groups (broad SMARTS) is 1. The summed E-state index contributed by atoms with van der Waals surface area (Å²) < 4.78 is 0. The molecule has 0 saturated carbocycles. The van der Waals surface area contributed by atoms with Crippen LogP contribution in [0.4, 0.5) is 0 Å². The van der Waals surface area contributed by atoms with E-state index in [0.29, 0.717) is 0 Å². The molecule has 148 valence electrons. The van der Waals surface area contributed by atoms with Crippen LogP contribution in [0.25, 0.3) is 0 Å². The van der Waals surface area contributed by atoms with Gasteiger partial charge in [-0.3, -0.25) is 19.2 Å². The molecule has 8 N–H and O–H groups in total. The van der Waals surface area contributed by atoms with Crippen molar-refractivity contribution in [1.29, 1.82) is 0 Å². The van der Waals surface area contributed by atoms with Crippen LogP contribution in [0.15, 0.2) is 0 Å². The third-order valence-electron chi connectivity index (χ3n) is 3.06. The van der Waals surface area contributed by atoms with E-state index in [4.69, 9.17) is 16.6 Å². The summed E-state index contributed by atoms with van der Waals surface area (Å²) in [5.41, 5.74) is 10.4. The van der Waals surface area contributed by atoms with Gasteiger partial charge in [0.1, 0.15) is 18.1 Å². The smallest absolute Gasteiger partial charge is 0.327 e. The molecule has 4 amide bonds. The first-order chi connectivity index (χ1) is 12.0. The molecule has 0 rings (SSSR count). The molecule has 13 heteroatoms. The molecule has 0 aromatic carbocycles. The Morgan fingerprint density at radius 2 is 1.31 bits per heavy atom. The Morgan fingerprint density at radius 3 is 1.69 bits per heavy atom. The van der Waals surface area contributed by atoms with Gasteiger partial charge in [-0.15, -0.1) is 0 Å². The van der Waals surface area contributed by atoms with Gasteiger partial charge >= 0.3 is 5.97 Å². The van der Waals surface area contributed by atoms with E-state index in [-0.39, 0.29) is 11.5 Å². The third-order valence-corrected chi connectivity index (χ3v) is 3.79. The van der Waals surface area contributed by atoms with Crippen LogP contribution in [0.3, 0.4) is 0 Å². The summed E-state index contributed by atoms with van der Waals surface area (Å²) in [6, 6.07) is -4.75. The molecule has 0 bridgehead atoms. The highest BCUT2D eigenvalue weighted by atomic mass is 32.1. The van der Waals surface area contributed by atoms with Crippen LogP contribution >= 0.6 is 25.3 Å². The molecular weight excluding hydrogens is 386 g/mol. The minimum atomic E-state index is -1.35. The maximum atomic E-state index is 12.3. The van der Waals surface area contributed by atoms with Crippen molar-refractivity contribution < 1.29 is 29.1 Å². The zero-order valence-electron chi connectivity index (χ0n) is 14.0. The quantitative estimate of drug-likeness (QED) is 0.163. The number of carbonyl (C=O) groups excluding carboxylic acids is 4. The van der Waals surface area contributed by atoms with E-state index in [9.17, 15) is 24.0 Å². The van der Waals surface area contributed by atoms with Gasteiger partial charge < -0.3 is 32.5 Å². The second-order valence-electron chi connectivity index (χ2n) is 5.35. The van der Waals surface area contributed by atoms with E-state index in [2.05, 4.69) is 41.2 Å². The van der Waals surface area contributed by atoms with Crippen molar-refractivity contribution in [2.24, 2.45) is 11.5 Å². The molecule has 11 nitrogen and oxygen atoms in total. The van der Waals surface area contributed by atoms with Crippen LogP contribution in [0.2, 0.25) is 0 Å². The molecule has 0 aliphatic carbocycles. The van der Waals surface area contributed by atoms with Gasteiger partial charge in [0.25, 0.3) is 0 Å². The number of carbonyl (C=O) groups is 5. The average Bonchev–Trinajstić information content (AvgIpc) is 2.55. The summed E-state index contributed by atoms with van der Waals surface area (Å²) in [5.74, 6) is -4.86. The lowest BCUT2D eigenvalue weighted by Gasteiger charge is -2.23. The average molecular weight is 409 g/mol. The monoisotopic (exact) mass is 409 g/mol. The van der Waals surface area contributed by atoms with Gasteiger partial charge in [-0.05, 0) is 6.92 Å². The first-order valence-corrected chi connectivity index (χ1v) is 8.69. The number of thiol groups is 2. The number of aliphatic carboxylic acids is 1. The topological polar surface area (TPSA) is 194 Å². The Labute approximate surface area is 160 Å². The number of rotatable bonds is 11. The van der Waals surface area contributed by atoms with Gasteiger partial charge in [-0.25, -0.2) is 4.79 Å². The van der Waals surface area contributed by atoms with Crippen LogP contribution in [0.5, 0.6) is 0 Å². The standard InChI is InChI=1S/C13H23N5O6S2/c1-5(14)10(20)16-6(2-9(15)19)11(21)17-7(3-25)12(22)18-8(4-26)13(23)24/h5-8,25-26H,2-4,14H2,1H3,(H2,15,19)(H,16,20)(H,17,21)(H,18,22)(H,23,24). The summed E-state index contributed by atoms with van der Waals surface area (Å²) in [6.45, 7) is 1.38.